The number of halogens is 1. The first-order valence-corrected chi connectivity index (χ1v) is 10.0. The Balaban J connectivity index is 1.83. The van der Waals surface area contributed by atoms with E-state index in [4.69, 9.17) is 0 Å². The van der Waals surface area contributed by atoms with Crippen molar-refractivity contribution in [2.45, 2.75) is 38.4 Å². The Bertz CT molecular complexity index is 629. The Morgan fingerprint density at radius 3 is 2.81 bits per heavy atom. The van der Waals surface area contributed by atoms with Crippen molar-refractivity contribution in [3.05, 3.63) is 28.2 Å². The van der Waals surface area contributed by atoms with E-state index in [0.29, 0.717) is 12.6 Å². The molecule has 0 aromatic heterocycles. The van der Waals surface area contributed by atoms with E-state index in [1.165, 1.54) is 18.4 Å². The highest BCUT2D eigenvalue weighted by Gasteiger charge is 2.29. The second kappa shape index (κ2) is 5.89. The Hall–Kier alpha value is -0.590. The zero-order valence-electron chi connectivity index (χ0n) is 12.2. The summed E-state index contributed by atoms with van der Waals surface area (Å²) in [5.74, 6) is 0.494. The van der Waals surface area contributed by atoms with Gasteiger partial charge in [-0.25, -0.2) is 8.42 Å². The molecule has 3 rings (SSSR count). The molecule has 1 aromatic rings. The van der Waals surface area contributed by atoms with Crippen molar-refractivity contribution < 1.29 is 8.42 Å². The molecule has 1 aliphatic carbocycles. The molecule has 1 saturated carbocycles. The third-order valence-corrected chi connectivity index (χ3v) is 6.47. The van der Waals surface area contributed by atoms with Crippen LogP contribution in [0.2, 0.25) is 0 Å². The predicted octanol–water partition coefficient (Wildman–Crippen LogP) is 2.32. The first-order chi connectivity index (χ1) is 9.94. The summed E-state index contributed by atoms with van der Waals surface area (Å²) in [6.45, 7) is 3.43. The van der Waals surface area contributed by atoms with Crippen molar-refractivity contribution >= 4 is 31.5 Å². The van der Waals surface area contributed by atoms with Gasteiger partial charge in [0.05, 0.1) is 11.5 Å². The number of rotatable bonds is 4. The van der Waals surface area contributed by atoms with E-state index in [1.54, 1.807) is 0 Å². The molecule has 0 amide bonds. The lowest BCUT2D eigenvalue weighted by atomic mass is 10.1. The van der Waals surface area contributed by atoms with E-state index < -0.39 is 9.84 Å². The van der Waals surface area contributed by atoms with Gasteiger partial charge in [0, 0.05) is 35.3 Å². The topological polar surface area (TPSA) is 49.4 Å². The highest BCUT2D eigenvalue weighted by Crippen LogP contribution is 2.30. The standard InChI is InChI=1S/C15H21BrN2O2S/c1-11-10-21(19,20)7-6-18(11)15-8-13(16)3-2-12(15)9-17-14-4-5-14/h2-3,8,11,14,17H,4-7,9-10H2,1H3. The lowest BCUT2D eigenvalue weighted by Gasteiger charge is -2.36. The summed E-state index contributed by atoms with van der Waals surface area (Å²) in [7, 11) is -2.88. The Morgan fingerprint density at radius 1 is 1.38 bits per heavy atom. The zero-order valence-corrected chi connectivity index (χ0v) is 14.6. The molecule has 1 saturated heterocycles. The van der Waals surface area contributed by atoms with E-state index in [0.717, 1.165) is 16.7 Å². The average Bonchev–Trinajstić information content (AvgIpc) is 3.20. The van der Waals surface area contributed by atoms with E-state index >= 15 is 0 Å². The van der Waals surface area contributed by atoms with Gasteiger partial charge in [-0.2, -0.15) is 0 Å². The summed E-state index contributed by atoms with van der Waals surface area (Å²) in [6, 6.07) is 6.99. The summed E-state index contributed by atoms with van der Waals surface area (Å²) in [5.41, 5.74) is 2.40. The smallest absolute Gasteiger partial charge is 0.154 e. The number of sulfone groups is 1. The van der Waals surface area contributed by atoms with Gasteiger partial charge in [0.1, 0.15) is 0 Å². The van der Waals surface area contributed by atoms with Crippen LogP contribution in [-0.2, 0) is 16.4 Å². The van der Waals surface area contributed by atoms with Gasteiger partial charge in [-0.3, -0.25) is 0 Å². The van der Waals surface area contributed by atoms with E-state index in [2.05, 4.69) is 44.3 Å². The van der Waals surface area contributed by atoms with E-state index in [1.807, 2.05) is 6.92 Å². The molecule has 21 heavy (non-hydrogen) atoms. The average molecular weight is 373 g/mol. The van der Waals surface area contributed by atoms with Crippen LogP contribution in [0.15, 0.2) is 22.7 Å². The maximum absolute atomic E-state index is 11.8. The first-order valence-electron chi connectivity index (χ1n) is 7.43. The zero-order chi connectivity index (χ0) is 15.0. The van der Waals surface area contributed by atoms with E-state index in [-0.39, 0.29) is 17.5 Å². The fourth-order valence-corrected chi connectivity index (χ4v) is 4.76. The Kier molecular flexibility index (Phi) is 4.30. The Labute approximate surface area is 135 Å². The van der Waals surface area contributed by atoms with Crippen LogP contribution in [0.3, 0.4) is 0 Å². The van der Waals surface area contributed by atoms with Crippen LogP contribution < -0.4 is 10.2 Å². The fraction of sp³-hybridized carbons (Fsp3) is 0.600. The molecule has 1 unspecified atom stereocenters. The summed E-state index contributed by atoms with van der Waals surface area (Å²) in [5, 5.41) is 3.54. The summed E-state index contributed by atoms with van der Waals surface area (Å²) in [6.07, 6.45) is 2.54. The molecule has 1 aliphatic heterocycles. The minimum Gasteiger partial charge on any atom is -0.366 e. The lowest BCUT2D eigenvalue weighted by molar-refractivity contribution is 0.567. The minimum absolute atomic E-state index is 0.0257. The molecule has 0 bridgehead atoms. The molecule has 0 spiro atoms. The van der Waals surface area contributed by atoms with Gasteiger partial charge in [0.2, 0.25) is 0 Å². The third kappa shape index (κ3) is 3.79. The van der Waals surface area contributed by atoms with Gasteiger partial charge in [-0.1, -0.05) is 22.0 Å². The van der Waals surface area contributed by atoms with Gasteiger partial charge >= 0.3 is 0 Å². The number of hydrogen-bond acceptors (Lipinski definition) is 4. The van der Waals surface area contributed by atoms with Gasteiger partial charge in [0.15, 0.2) is 9.84 Å². The van der Waals surface area contributed by atoms with Crippen LogP contribution in [0.25, 0.3) is 0 Å². The summed E-state index contributed by atoms with van der Waals surface area (Å²) < 4.78 is 24.6. The number of hydrogen-bond donors (Lipinski definition) is 1. The van der Waals surface area contributed by atoms with Crippen molar-refractivity contribution in [1.82, 2.24) is 5.32 Å². The summed E-state index contributed by atoms with van der Waals surface area (Å²) >= 11 is 3.53. The van der Waals surface area contributed by atoms with Gasteiger partial charge in [0.25, 0.3) is 0 Å². The molecule has 0 radical (unpaired) electrons. The van der Waals surface area contributed by atoms with Crippen LogP contribution in [0.1, 0.15) is 25.3 Å². The molecule has 116 valence electrons. The molecule has 1 N–H and O–H groups in total. The van der Waals surface area contributed by atoms with Crippen molar-refractivity contribution in [1.29, 1.82) is 0 Å². The predicted molar refractivity (Wildman–Crippen MR) is 89.5 cm³/mol. The largest absolute Gasteiger partial charge is 0.366 e. The highest BCUT2D eigenvalue weighted by atomic mass is 79.9. The van der Waals surface area contributed by atoms with Crippen molar-refractivity contribution in [2.24, 2.45) is 0 Å². The Morgan fingerprint density at radius 2 is 2.14 bits per heavy atom. The van der Waals surface area contributed by atoms with Crippen molar-refractivity contribution in [3.8, 4) is 0 Å². The molecule has 2 aliphatic rings. The first kappa shape index (κ1) is 15.3. The molecular formula is C15H21BrN2O2S. The normalized spacial score (nSPS) is 25.0. The monoisotopic (exact) mass is 372 g/mol. The van der Waals surface area contributed by atoms with Crippen LogP contribution in [0, 0.1) is 0 Å². The second-order valence-electron chi connectivity index (χ2n) is 6.08. The molecule has 6 heteroatoms. The van der Waals surface area contributed by atoms with Crippen molar-refractivity contribution in [3.63, 3.8) is 0 Å². The SMILES string of the molecule is CC1CS(=O)(=O)CCN1c1cc(Br)ccc1CNC1CC1. The number of nitrogens with zero attached hydrogens (tertiary/aromatic N) is 1. The number of anilines is 1. The van der Waals surface area contributed by atoms with Crippen LogP contribution >= 0.6 is 15.9 Å². The molecular weight excluding hydrogens is 352 g/mol. The molecule has 4 nitrogen and oxygen atoms in total. The highest BCUT2D eigenvalue weighted by molar-refractivity contribution is 9.10. The third-order valence-electron chi connectivity index (χ3n) is 4.19. The lowest BCUT2D eigenvalue weighted by Crippen LogP contribution is -2.47. The maximum atomic E-state index is 11.8. The molecule has 1 atom stereocenters. The minimum atomic E-state index is -2.88. The van der Waals surface area contributed by atoms with Crippen LogP contribution in [-0.4, -0.2) is 38.6 Å². The second-order valence-corrected chi connectivity index (χ2v) is 9.23. The number of benzene rings is 1. The quantitative estimate of drug-likeness (QED) is 0.880. The van der Waals surface area contributed by atoms with Crippen LogP contribution in [0.4, 0.5) is 5.69 Å². The van der Waals surface area contributed by atoms with E-state index in [9.17, 15) is 8.42 Å². The molecule has 2 fully saturated rings. The van der Waals surface area contributed by atoms with Gasteiger partial charge < -0.3 is 10.2 Å². The summed E-state index contributed by atoms with van der Waals surface area (Å²) in [4.78, 5) is 2.23. The number of nitrogens with one attached hydrogen (secondary N) is 1. The molecule has 1 heterocycles. The maximum Gasteiger partial charge on any atom is 0.154 e. The van der Waals surface area contributed by atoms with Crippen molar-refractivity contribution in [2.75, 3.05) is 23.0 Å². The fourth-order valence-electron chi connectivity index (χ4n) is 2.85. The van der Waals surface area contributed by atoms with Crippen LogP contribution in [0.5, 0.6) is 0 Å². The van der Waals surface area contributed by atoms with Gasteiger partial charge in [-0.15, -0.1) is 0 Å². The molecule has 1 aromatic carbocycles. The van der Waals surface area contributed by atoms with Gasteiger partial charge in [-0.05, 0) is 37.5 Å².